The largest absolute Gasteiger partial charge is 0.393 e. The van der Waals surface area contributed by atoms with E-state index in [4.69, 9.17) is 5.73 Å². The van der Waals surface area contributed by atoms with Gasteiger partial charge in [-0.05, 0) is 55.7 Å². The highest BCUT2D eigenvalue weighted by Gasteiger charge is 2.52. The molecular formula is C18H25N3O2. The quantitative estimate of drug-likeness (QED) is 0.528. The first kappa shape index (κ1) is 14.9. The smallest absolute Gasteiger partial charge is 0.296 e. The molecule has 3 aliphatic rings. The van der Waals surface area contributed by atoms with Crippen LogP contribution >= 0.6 is 0 Å². The van der Waals surface area contributed by atoms with Gasteiger partial charge in [0.15, 0.2) is 0 Å². The van der Waals surface area contributed by atoms with E-state index in [1.54, 1.807) is 6.07 Å². The van der Waals surface area contributed by atoms with E-state index in [0.717, 1.165) is 36.4 Å². The summed E-state index contributed by atoms with van der Waals surface area (Å²) in [6, 6.07) is 4.25. The Kier molecular flexibility index (Phi) is 3.21. The van der Waals surface area contributed by atoms with Crippen molar-refractivity contribution in [3.05, 3.63) is 33.4 Å². The number of piperidine rings is 1. The molecule has 0 radical (unpaired) electrons. The number of hydrogen-bond donors (Lipinski definition) is 1. The fourth-order valence-corrected chi connectivity index (χ4v) is 4.91. The molecule has 1 saturated heterocycles. The van der Waals surface area contributed by atoms with Crippen LogP contribution in [-0.2, 0) is 11.8 Å². The third-order valence-electron chi connectivity index (χ3n) is 6.64. The SMILES string of the molecule is C[C@@H]1[C@H]2Cc3ccc(N)c([N+](=O)[O-])c3[C@]1(C)CCN2CC1CC1. The van der Waals surface area contributed by atoms with Gasteiger partial charge in [0.2, 0.25) is 0 Å². The number of fused-ring (bicyclic) bond motifs is 4. The number of rotatable bonds is 3. The summed E-state index contributed by atoms with van der Waals surface area (Å²) in [4.78, 5) is 14.0. The molecule has 1 aliphatic heterocycles. The van der Waals surface area contributed by atoms with E-state index >= 15 is 0 Å². The van der Waals surface area contributed by atoms with Crippen LogP contribution < -0.4 is 5.73 Å². The van der Waals surface area contributed by atoms with E-state index in [0.29, 0.717) is 17.6 Å². The zero-order valence-electron chi connectivity index (χ0n) is 13.9. The lowest BCUT2D eigenvalue weighted by molar-refractivity contribution is -0.385. The highest BCUT2D eigenvalue weighted by Crippen LogP contribution is 2.53. The minimum Gasteiger partial charge on any atom is -0.393 e. The second-order valence-electron chi connectivity index (χ2n) is 7.96. The van der Waals surface area contributed by atoms with Gasteiger partial charge < -0.3 is 5.73 Å². The van der Waals surface area contributed by atoms with Crippen LogP contribution in [0, 0.1) is 22.0 Å². The van der Waals surface area contributed by atoms with Crippen molar-refractivity contribution in [3.63, 3.8) is 0 Å². The van der Waals surface area contributed by atoms with E-state index in [2.05, 4.69) is 18.7 Å². The Morgan fingerprint density at radius 1 is 1.43 bits per heavy atom. The van der Waals surface area contributed by atoms with Crippen LogP contribution in [0.25, 0.3) is 0 Å². The Hall–Kier alpha value is -1.62. The second kappa shape index (κ2) is 4.94. The van der Waals surface area contributed by atoms with Crippen LogP contribution in [0.4, 0.5) is 11.4 Å². The number of nitrogen functional groups attached to an aromatic ring is 1. The van der Waals surface area contributed by atoms with Gasteiger partial charge in [-0.25, -0.2) is 0 Å². The summed E-state index contributed by atoms with van der Waals surface area (Å²) in [6.45, 7) is 6.74. The molecule has 5 heteroatoms. The zero-order valence-corrected chi connectivity index (χ0v) is 13.9. The molecule has 0 aromatic heterocycles. The highest BCUT2D eigenvalue weighted by atomic mass is 16.6. The molecule has 5 nitrogen and oxygen atoms in total. The monoisotopic (exact) mass is 315 g/mol. The summed E-state index contributed by atoms with van der Waals surface area (Å²) >= 11 is 0. The summed E-state index contributed by atoms with van der Waals surface area (Å²) in [5.41, 5.74) is 8.34. The molecule has 2 N–H and O–H groups in total. The summed E-state index contributed by atoms with van der Waals surface area (Å²) in [6.07, 6.45) is 4.63. The summed E-state index contributed by atoms with van der Waals surface area (Å²) in [7, 11) is 0. The lowest BCUT2D eigenvalue weighted by atomic mass is 9.58. The van der Waals surface area contributed by atoms with Gasteiger partial charge in [-0.2, -0.15) is 0 Å². The van der Waals surface area contributed by atoms with Crippen molar-refractivity contribution < 1.29 is 4.92 Å². The molecule has 2 fully saturated rings. The Morgan fingerprint density at radius 3 is 2.83 bits per heavy atom. The number of anilines is 1. The Balaban J connectivity index is 1.80. The molecule has 0 spiro atoms. The minimum atomic E-state index is -0.275. The second-order valence-corrected chi connectivity index (χ2v) is 7.96. The first-order chi connectivity index (χ1) is 10.9. The number of nitrogens with two attached hydrogens (primary N) is 1. The van der Waals surface area contributed by atoms with Gasteiger partial charge in [0.1, 0.15) is 5.69 Å². The van der Waals surface area contributed by atoms with Gasteiger partial charge in [-0.3, -0.25) is 15.0 Å². The predicted octanol–water partition coefficient (Wildman–Crippen LogP) is 3.11. The van der Waals surface area contributed by atoms with Crippen LogP contribution in [0.5, 0.6) is 0 Å². The first-order valence-corrected chi connectivity index (χ1v) is 8.72. The average Bonchev–Trinajstić information content (AvgIpc) is 3.30. The molecule has 2 aliphatic carbocycles. The molecule has 0 amide bonds. The van der Waals surface area contributed by atoms with Crippen LogP contribution in [0.1, 0.15) is 44.2 Å². The number of benzene rings is 1. The molecule has 1 aromatic rings. The summed E-state index contributed by atoms with van der Waals surface area (Å²) in [5, 5.41) is 11.6. The standard InChI is InChI=1S/C18H25N3O2/c1-11-15-9-13-5-6-14(19)17(21(22)23)16(13)18(11,2)7-8-20(15)10-12-3-4-12/h5-6,11-12,15H,3-4,7-10,19H2,1-2H3/t11-,15-,18-/m1/s1. The van der Waals surface area contributed by atoms with Gasteiger partial charge in [-0.1, -0.05) is 19.9 Å². The Labute approximate surface area is 137 Å². The lowest BCUT2D eigenvalue weighted by Gasteiger charge is -2.54. The zero-order chi connectivity index (χ0) is 16.4. The number of nitro benzene ring substituents is 1. The van der Waals surface area contributed by atoms with Crippen molar-refractivity contribution in [2.24, 2.45) is 11.8 Å². The highest BCUT2D eigenvalue weighted by molar-refractivity contribution is 5.68. The van der Waals surface area contributed by atoms with Gasteiger partial charge in [0.25, 0.3) is 5.69 Å². The molecule has 4 rings (SSSR count). The van der Waals surface area contributed by atoms with Crippen molar-refractivity contribution in [3.8, 4) is 0 Å². The van der Waals surface area contributed by atoms with Crippen molar-refractivity contribution >= 4 is 11.4 Å². The normalized spacial score (nSPS) is 33.3. The van der Waals surface area contributed by atoms with Crippen LogP contribution in [-0.4, -0.2) is 29.0 Å². The first-order valence-electron chi connectivity index (χ1n) is 8.72. The van der Waals surface area contributed by atoms with Gasteiger partial charge in [0, 0.05) is 23.6 Å². The molecular weight excluding hydrogens is 290 g/mol. The number of nitro groups is 1. The minimum absolute atomic E-state index is 0.143. The lowest BCUT2D eigenvalue weighted by Crippen LogP contribution is -2.58. The molecule has 1 saturated carbocycles. The molecule has 3 atom stereocenters. The van der Waals surface area contributed by atoms with Crippen LogP contribution in [0.2, 0.25) is 0 Å². The molecule has 23 heavy (non-hydrogen) atoms. The van der Waals surface area contributed by atoms with E-state index in [1.165, 1.54) is 19.4 Å². The maximum atomic E-state index is 11.6. The van der Waals surface area contributed by atoms with Crippen molar-refractivity contribution in [2.45, 2.75) is 51.0 Å². The van der Waals surface area contributed by atoms with E-state index in [1.807, 2.05) is 6.07 Å². The van der Waals surface area contributed by atoms with Gasteiger partial charge >= 0.3 is 0 Å². The number of hydrogen-bond acceptors (Lipinski definition) is 4. The Morgan fingerprint density at radius 2 is 2.17 bits per heavy atom. The van der Waals surface area contributed by atoms with E-state index in [9.17, 15) is 10.1 Å². The molecule has 2 bridgehead atoms. The number of likely N-dealkylation sites (tertiary alicyclic amines) is 1. The number of nitrogens with zero attached hydrogens (tertiary/aromatic N) is 2. The maximum Gasteiger partial charge on any atom is 0.296 e. The average molecular weight is 315 g/mol. The van der Waals surface area contributed by atoms with E-state index < -0.39 is 0 Å². The van der Waals surface area contributed by atoms with E-state index in [-0.39, 0.29) is 16.0 Å². The Bertz CT molecular complexity index is 670. The van der Waals surface area contributed by atoms with Gasteiger partial charge in [0.05, 0.1) is 4.92 Å². The fourth-order valence-electron chi connectivity index (χ4n) is 4.91. The van der Waals surface area contributed by atoms with Crippen molar-refractivity contribution in [1.82, 2.24) is 4.90 Å². The maximum absolute atomic E-state index is 11.6. The molecule has 1 heterocycles. The van der Waals surface area contributed by atoms with Crippen LogP contribution in [0.3, 0.4) is 0 Å². The molecule has 0 unspecified atom stereocenters. The molecule has 124 valence electrons. The third kappa shape index (κ3) is 2.17. The molecule has 1 aromatic carbocycles. The fraction of sp³-hybridized carbons (Fsp3) is 0.667. The summed E-state index contributed by atoms with van der Waals surface area (Å²) in [5.74, 6) is 1.30. The third-order valence-corrected chi connectivity index (χ3v) is 6.64. The van der Waals surface area contributed by atoms with Crippen LogP contribution in [0.15, 0.2) is 12.1 Å². The van der Waals surface area contributed by atoms with Crippen molar-refractivity contribution in [1.29, 1.82) is 0 Å². The van der Waals surface area contributed by atoms with Gasteiger partial charge in [-0.15, -0.1) is 0 Å². The summed E-state index contributed by atoms with van der Waals surface area (Å²) < 4.78 is 0. The topological polar surface area (TPSA) is 72.4 Å². The predicted molar refractivity (Wildman–Crippen MR) is 90.4 cm³/mol. The van der Waals surface area contributed by atoms with Crippen molar-refractivity contribution in [2.75, 3.05) is 18.8 Å².